The van der Waals surface area contributed by atoms with Crippen molar-refractivity contribution in [2.75, 3.05) is 0 Å². The summed E-state index contributed by atoms with van der Waals surface area (Å²) in [6.07, 6.45) is 1.20. The third-order valence-corrected chi connectivity index (χ3v) is 5.27. The number of rotatable bonds is 7. The summed E-state index contributed by atoms with van der Waals surface area (Å²) in [5.74, 6) is -0.731. The minimum Gasteiger partial charge on any atom is -0.288 e. The maximum absolute atomic E-state index is 12.7. The molecular weight excluding hydrogens is 446 g/mol. The molecule has 11 heteroatoms. The van der Waals surface area contributed by atoms with Crippen molar-refractivity contribution in [3.05, 3.63) is 96.8 Å². The summed E-state index contributed by atoms with van der Waals surface area (Å²) in [5, 5.41) is 32.4. The predicted octanol–water partition coefficient (Wildman–Crippen LogP) is 4.85. The fraction of sp³-hybridized carbons (Fsp3) is 0.0909. The van der Waals surface area contributed by atoms with E-state index >= 15 is 0 Å². The molecule has 0 radical (unpaired) electrons. The molecule has 0 N–H and O–H groups in total. The summed E-state index contributed by atoms with van der Waals surface area (Å²) < 4.78 is 0. The van der Waals surface area contributed by atoms with Crippen molar-refractivity contribution in [2.24, 2.45) is 0 Å². The third kappa shape index (κ3) is 5.63. The van der Waals surface area contributed by atoms with E-state index in [0.717, 1.165) is 29.2 Å². The van der Waals surface area contributed by atoms with Crippen LogP contribution in [0.5, 0.6) is 0 Å². The van der Waals surface area contributed by atoms with Crippen LogP contribution in [0, 0.1) is 45.4 Å². The van der Waals surface area contributed by atoms with Gasteiger partial charge in [0, 0.05) is 35.2 Å². The van der Waals surface area contributed by atoms with E-state index in [0.29, 0.717) is 10.1 Å². The molecule has 1 aromatic heterocycles. The maximum atomic E-state index is 12.7. The Hall–Kier alpha value is -4.43. The number of Topliss-reactive ketones (excluding diaryl/α,β-unsaturated/α-hetero) is 1. The number of aromatic nitrogens is 2. The Labute approximate surface area is 191 Å². The quantitative estimate of drug-likeness (QED) is 0.120. The second kappa shape index (κ2) is 9.80. The first kappa shape index (κ1) is 23.2. The zero-order valence-electron chi connectivity index (χ0n) is 17.4. The Morgan fingerprint density at radius 2 is 1.73 bits per heavy atom. The van der Waals surface area contributed by atoms with Crippen molar-refractivity contribution in [3.8, 4) is 6.07 Å². The fourth-order valence-electron chi connectivity index (χ4n) is 2.92. The lowest BCUT2D eigenvalue weighted by atomic mass is 10.0. The number of nitrogens with zero attached hydrogens (tertiary/aromatic N) is 5. The molecule has 1 heterocycles. The van der Waals surface area contributed by atoms with Gasteiger partial charge in [0.15, 0.2) is 5.16 Å². The lowest BCUT2D eigenvalue weighted by Gasteiger charge is -2.05. The monoisotopic (exact) mass is 461 g/mol. The SMILES string of the molecule is Cc1cc(C)nc(Sc2ccc(/C=C(/C#N)C(=O)c3cccc([N+](=O)[O-])c3)cc2[N+](=O)[O-])n1. The second-order valence-corrected chi connectivity index (χ2v) is 7.84. The number of nitro benzene ring substituents is 2. The standard InChI is InChI=1S/C22H15N5O5S/c1-13-8-14(2)25-22(24-13)33-20-7-6-15(10-19(20)27(31)32)9-17(12-23)21(28)16-4-3-5-18(11-16)26(29)30/h3-11H,1-2H3/b17-9-. The number of non-ortho nitro benzene ring substituents is 1. The molecular formula is C22H15N5O5S. The van der Waals surface area contributed by atoms with Crippen LogP contribution in [0.1, 0.15) is 27.3 Å². The van der Waals surface area contributed by atoms with Crippen molar-refractivity contribution < 1.29 is 14.6 Å². The molecule has 0 unspecified atom stereocenters. The Morgan fingerprint density at radius 1 is 1.03 bits per heavy atom. The second-order valence-electron chi connectivity index (χ2n) is 6.83. The average molecular weight is 461 g/mol. The molecule has 0 saturated carbocycles. The molecule has 0 atom stereocenters. The number of ketones is 1. The van der Waals surface area contributed by atoms with Gasteiger partial charge in [-0.2, -0.15) is 5.26 Å². The number of nitro groups is 2. The van der Waals surface area contributed by atoms with Crippen LogP contribution in [0.3, 0.4) is 0 Å². The normalized spacial score (nSPS) is 11.0. The number of carbonyl (C=O) groups excluding carboxylic acids is 1. The van der Waals surface area contributed by atoms with Gasteiger partial charge < -0.3 is 0 Å². The number of hydrogen-bond acceptors (Lipinski definition) is 9. The van der Waals surface area contributed by atoms with Crippen molar-refractivity contribution in [1.29, 1.82) is 5.26 Å². The third-order valence-electron chi connectivity index (χ3n) is 4.34. The summed E-state index contributed by atoms with van der Waals surface area (Å²) in [5.41, 5.74) is 0.827. The van der Waals surface area contributed by atoms with Crippen LogP contribution in [0.15, 0.2) is 64.2 Å². The Balaban J connectivity index is 1.96. The van der Waals surface area contributed by atoms with Gasteiger partial charge in [0.1, 0.15) is 11.6 Å². The van der Waals surface area contributed by atoms with E-state index in [2.05, 4.69) is 9.97 Å². The van der Waals surface area contributed by atoms with Crippen molar-refractivity contribution in [3.63, 3.8) is 0 Å². The summed E-state index contributed by atoms with van der Waals surface area (Å²) in [4.78, 5) is 42.9. The number of aryl methyl sites for hydroxylation is 2. The summed E-state index contributed by atoms with van der Waals surface area (Å²) >= 11 is 1.03. The first-order valence-electron chi connectivity index (χ1n) is 9.37. The molecule has 10 nitrogen and oxygen atoms in total. The van der Waals surface area contributed by atoms with Crippen LogP contribution in [0.4, 0.5) is 11.4 Å². The van der Waals surface area contributed by atoms with Gasteiger partial charge in [0.2, 0.25) is 5.78 Å². The molecule has 0 fully saturated rings. The van der Waals surface area contributed by atoms with Crippen molar-refractivity contribution >= 4 is 35.0 Å². The van der Waals surface area contributed by atoms with Crippen LogP contribution in [0.2, 0.25) is 0 Å². The van der Waals surface area contributed by atoms with Crippen molar-refractivity contribution in [2.45, 2.75) is 23.9 Å². The van der Waals surface area contributed by atoms with Gasteiger partial charge in [-0.3, -0.25) is 25.0 Å². The van der Waals surface area contributed by atoms with Crippen LogP contribution in [0.25, 0.3) is 6.08 Å². The largest absolute Gasteiger partial charge is 0.288 e. The molecule has 164 valence electrons. The molecule has 3 rings (SSSR count). The summed E-state index contributed by atoms with van der Waals surface area (Å²) in [7, 11) is 0. The van der Waals surface area contributed by atoms with E-state index < -0.39 is 15.6 Å². The van der Waals surface area contributed by atoms with E-state index in [1.165, 1.54) is 42.5 Å². The van der Waals surface area contributed by atoms with E-state index in [4.69, 9.17) is 0 Å². The average Bonchev–Trinajstić information content (AvgIpc) is 2.77. The molecule has 3 aromatic rings. The Kier molecular flexibility index (Phi) is 6.90. The molecule has 0 spiro atoms. The summed E-state index contributed by atoms with van der Waals surface area (Å²) in [6.45, 7) is 3.59. The first-order valence-corrected chi connectivity index (χ1v) is 10.2. The number of hydrogen-bond donors (Lipinski definition) is 0. The van der Waals surface area contributed by atoms with Gasteiger partial charge in [0.25, 0.3) is 11.4 Å². The maximum Gasteiger partial charge on any atom is 0.283 e. The van der Waals surface area contributed by atoms with Crippen LogP contribution < -0.4 is 0 Å². The van der Waals surface area contributed by atoms with Crippen LogP contribution in [-0.4, -0.2) is 25.6 Å². The fourth-order valence-corrected chi connectivity index (χ4v) is 3.87. The number of benzene rings is 2. The van der Waals surface area contributed by atoms with E-state index in [9.17, 15) is 30.3 Å². The molecule has 0 aliphatic heterocycles. The lowest BCUT2D eigenvalue weighted by molar-refractivity contribution is -0.387. The molecule has 33 heavy (non-hydrogen) atoms. The highest BCUT2D eigenvalue weighted by Gasteiger charge is 2.19. The van der Waals surface area contributed by atoms with Crippen LogP contribution in [-0.2, 0) is 0 Å². The topological polar surface area (TPSA) is 153 Å². The zero-order valence-corrected chi connectivity index (χ0v) is 18.2. The Morgan fingerprint density at radius 3 is 2.33 bits per heavy atom. The van der Waals surface area contributed by atoms with E-state index in [1.807, 2.05) is 0 Å². The molecule has 0 amide bonds. The van der Waals surface area contributed by atoms with Crippen LogP contribution >= 0.6 is 11.8 Å². The van der Waals surface area contributed by atoms with Crippen molar-refractivity contribution in [1.82, 2.24) is 9.97 Å². The molecule has 0 aliphatic carbocycles. The zero-order chi connectivity index (χ0) is 24.1. The van der Waals surface area contributed by atoms with Gasteiger partial charge in [-0.15, -0.1) is 0 Å². The Bertz CT molecular complexity index is 1340. The highest BCUT2D eigenvalue weighted by atomic mass is 32.2. The predicted molar refractivity (Wildman–Crippen MR) is 120 cm³/mol. The molecule has 0 bridgehead atoms. The van der Waals surface area contributed by atoms with Gasteiger partial charge in [0.05, 0.1) is 14.7 Å². The lowest BCUT2D eigenvalue weighted by Crippen LogP contribution is -2.03. The van der Waals surface area contributed by atoms with Gasteiger partial charge in [-0.1, -0.05) is 18.2 Å². The number of nitriles is 1. The number of carbonyl (C=O) groups is 1. The van der Waals surface area contributed by atoms with E-state index in [1.54, 1.807) is 26.0 Å². The van der Waals surface area contributed by atoms with Gasteiger partial charge in [-0.25, -0.2) is 9.97 Å². The smallest absolute Gasteiger partial charge is 0.283 e. The minimum absolute atomic E-state index is 0.0364. The molecule has 0 aliphatic rings. The highest BCUT2D eigenvalue weighted by Crippen LogP contribution is 2.34. The van der Waals surface area contributed by atoms with E-state index in [-0.39, 0.29) is 28.1 Å². The highest BCUT2D eigenvalue weighted by molar-refractivity contribution is 7.99. The summed E-state index contributed by atoms with van der Waals surface area (Å²) in [6, 6.07) is 12.8. The molecule has 2 aromatic carbocycles. The van der Waals surface area contributed by atoms with Gasteiger partial charge >= 0.3 is 0 Å². The van der Waals surface area contributed by atoms with Gasteiger partial charge in [-0.05, 0) is 49.4 Å². The molecule has 0 saturated heterocycles. The minimum atomic E-state index is -0.731. The first-order chi connectivity index (χ1) is 15.7. The number of allylic oxidation sites excluding steroid dienone is 1.